The fourth-order valence-corrected chi connectivity index (χ4v) is 10.4. The molecule has 0 spiro atoms. The van der Waals surface area contributed by atoms with Gasteiger partial charge in [0.25, 0.3) is 0 Å². The van der Waals surface area contributed by atoms with Gasteiger partial charge in [-0.1, -0.05) is 58.4 Å². The van der Waals surface area contributed by atoms with E-state index in [2.05, 4.69) is 68.0 Å². The molecule has 4 rings (SSSR count). The molecule has 34 heavy (non-hydrogen) atoms. The van der Waals surface area contributed by atoms with Crippen LogP contribution in [-0.2, 0) is 4.74 Å². The lowest BCUT2D eigenvalue weighted by atomic mass is 9.35. The third-order valence-corrected chi connectivity index (χ3v) is 12.2. The molecular weight excluding hydrogens is 416 g/mol. The molecule has 4 saturated carbocycles. The first kappa shape index (κ1) is 26.5. The van der Waals surface area contributed by atoms with E-state index in [0.29, 0.717) is 35.2 Å². The minimum Gasteiger partial charge on any atom is -0.393 e. The molecule has 4 aliphatic rings. The average molecular weight is 471 g/mol. The van der Waals surface area contributed by atoms with Crippen LogP contribution in [0.1, 0.15) is 113 Å². The average Bonchev–Trinajstić information content (AvgIpc) is 3.12. The van der Waals surface area contributed by atoms with Crippen molar-refractivity contribution in [2.45, 2.75) is 125 Å². The van der Waals surface area contributed by atoms with E-state index >= 15 is 0 Å². The molecule has 0 heterocycles. The Balaban J connectivity index is 1.62. The quantitative estimate of drug-likeness (QED) is 0.395. The van der Waals surface area contributed by atoms with Crippen LogP contribution in [-0.4, -0.2) is 23.9 Å². The second-order valence-corrected chi connectivity index (χ2v) is 14.2. The number of hydrogen-bond donors (Lipinski definition) is 1. The van der Waals surface area contributed by atoms with Crippen LogP contribution in [0.3, 0.4) is 0 Å². The van der Waals surface area contributed by atoms with Crippen molar-refractivity contribution in [2.24, 2.45) is 45.3 Å². The van der Waals surface area contributed by atoms with Crippen LogP contribution in [0.25, 0.3) is 0 Å². The Hall–Kier alpha value is -0.600. The number of aliphatic hydroxyl groups excluding tert-OH is 1. The number of aliphatic hydroxyl groups is 1. The van der Waals surface area contributed by atoms with Gasteiger partial charge in [-0.15, -0.1) is 0 Å². The van der Waals surface area contributed by atoms with Gasteiger partial charge in [0.2, 0.25) is 0 Å². The van der Waals surface area contributed by atoms with Crippen LogP contribution in [0.4, 0.5) is 0 Å². The summed E-state index contributed by atoms with van der Waals surface area (Å²) in [6, 6.07) is 0. The summed E-state index contributed by atoms with van der Waals surface area (Å²) in [6.45, 7) is 24.7. The zero-order valence-corrected chi connectivity index (χ0v) is 23.7. The largest absolute Gasteiger partial charge is 0.393 e. The molecule has 2 heteroatoms. The number of rotatable bonds is 6. The van der Waals surface area contributed by atoms with E-state index in [1.54, 1.807) is 0 Å². The summed E-state index contributed by atoms with van der Waals surface area (Å²) in [6.07, 6.45) is 13.2. The Kier molecular flexibility index (Phi) is 7.05. The van der Waals surface area contributed by atoms with Gasteiger partial charge in [0.1, 0.15) is 0 Å². The number of fused-ring (bicyclic) bond motifs is 5. The third-order valence-electron chi connectivity index (χ3n) is 12.2. The van der Waals surface area contributed by atoms with Gasteiger partial charge in [0.15, 0.2) is 0 Å². The molecule has 0 aromatic heterocycles. The van der Waals surface area contributed by atoms with Gasteiger partial charge in [-0.25, -0.2) is 0 Å². The lowest BCUT2D eigenvalue weighted by Gasteiger charge is -2.70. The topological polar surface area (TPSA) is 29.5 Å². The standard InChI is InChI=1S/C32H54O2/c1-10-34-27-16-17-30(7)25(29(27,5)6)15-19-31(8)26(30)20-24(33)28-23(14-18-32(28,31)9)22(4)13-11-12-21(2)3/h12,23-28,33H,4,10-11,13-20H2,1-3,5-9H3/t23?,24?,25?,26?,27?,28?,30?,31?,32-/m1/s1. The molecule has 1 N–H and O–H groups in total. The number of allylic oxidation sites excluding steroid dienone is 3. The van der Waals surface area contributed by atoms with Crippen LogP contribution < -0.4 is 0 Å². The van der Waals surface area contributed by atoms with E-state index in [-0.39, 0.29) is 22.3 Å². The van der Waals surface area contributed by atoms with Crippen LogP contribution in [0.15, 0.2) is 23.8 Å². The highest BCUT2D eigenvalue weighted by Gasteiger charge is 2.70. The summed E-state index contributed by atoms with van der Waals surface area (Å²) in [5, 5.41) is 11.8. The van der Waals surface area contributed by atoms with E-state index in [1.165, 1.54) is 49.7 Å². The Morgan fingerprint density at radius 2 is 1.65 bits per heavy atom. The summed E-state index contributed by atoms with van der Waals surface area (Å²) < 4.78 is 6.29. The van der Waals surface area contributed by atoms with Crippen molar-refractivity contribution in [1.82, 2.24) is 0 Å². The van der Waals surface area contributed by atoms with Crippen LogP contribution in [0.2, 0.25) is 0 Å². The zero-order chi connectivity index (χ0) is 25.1. The highest BCUT2D eigenvalue weighted by Crippen LogP contribution is 2.75. The first-order valence-corrected chi connectivity index (χ1v) is 14.4. The Morgan fingerprint density at radius 3 is 2.29 bits per heavy atom. The maximum atomic E-state index is 11.8. The fraction of sp³-hybridized carbons (Fsp3) is 0.875. The van der Waals surface area contributed by atoms with Gasteiger partial charge in [0.05, 0.1) is 12.2 Å². The number of hydrogen-bond acceptors (Lipinski definition) is 2. The molecule has 4 aliphatic carbocycles. The highest BCUT2D eigenvalue weighted by atomic mass is 16.5. The van der Waals surface area contributed by atoms with Gasteiger partial charge in [-0.3, -0.25) is 0 Å². The van der Waals surface area contributed by atoms with Crippen molar-refractivity contribution in [2.75, 3.05) is 6.61 Å². The van der Waals surface area contributed by atoms with Crippen LogP contribution >= 0.6 is 0 Å². The molecule has 0 amide bonds. The maximum Gasteiger partial charge on any atom is 0.0628 e. The van der Waals surface area contributed by atoms with Gasteiger partial charge in [-0.2, -0.15) is 0 Å². The molecule has 8 unspecified atom stereocenters. The lowest BCUT2D eigenvalue weighted by Crippen LogP contribution is -2.66. The summed E-state index contributed by atoms with van der Waals surface area (Å²) in [5.74, 6) is 2.13. The molecule has 0 aliphatic heterocycles. The Bertz CT molecular complexity index is 806. The molecule has 0 bridgehead atoms. The summed E-state index contributed by atoms with van der Waals surface area (Å²) in [7, 11) is 0. The number of ether oxygens (including phenoxy) is 1. The summed E-state index contributed by atoms with van der Waals surface area (Å²) in [4.78, 5) is 0. The van der Waals surface area contributed by atoms with E-state index < -0.39 is 0 Å². The minimum absolute atomic E-state index is 0.195. The fourth-order valence-electron chi connectivity index (χ4n) is 10.4. The molecule has 2 nitrogen and oxygen atoms in total. The van der Waals surface area contributed by atoms with E-state index in [1.807, 2.05) is 0 Å². The van der Waals surface area contributed by atoms with E-state index in [0.717, 1.165) is 25.9 Å². The van der Waals surface area contributed by atoms with Crippen molar-refractivity contribution in [3.05, 3.63) is 23.8 Å². The van der Waals surface area contributed by atoms with Gasteiger partial charge in [-0.05, 0) is 124 Å². The van der Waals surface area contributed by atoms with Crippen molar-refractivity contribution in [3.63, 3.8) is 0 Å². The second kappa shape index (κ2) is 9.05. The second-order valence-electron chi connectivity index (χ2n) is 14.2. The minimum atomic E-state index is -0.195. The van der Waals surface area contributed by atoms with E-state index in [9.17, 15) is 5.11 Å². The molecule has 0 radical (unpaired) electrons. The predicted molar refractivity (Wildman–Crippen MR) is 144 cm³/mol. The van der Waals surface area contributed by atoms with Crippen molar-refractivity contribution in [1.29, 1.82) is 0 Å². The molecule has 0 aromatic rings. The summed E-state index contributed by atoms with van der Waals surface area (Å²) in [5.41, 5.74) is 3.77. The highest BCUT2D eigenvalue weighted by molar-refractivity contribution is 5.22. The van der Waals surface area contributed by atoms with Crippen molar-refractivity contribution < 1.29 is 9.84 Å². The Labute approximate surface area is 211 Å². The lowest BCUT2D eigenvalue weighted by molar-refractivity contribution is -0.244. The third kappa shape index (κ3) is 3.80. The van der Waals surface area contributed by atoms with Gasteiger partial charge >= 0.3 is 0 Å². The molecule has 4 fully saturated rings. The van der Waals surface area contributed by atoms with Crippen molar-refractivity contribution >= 4 is 0 Å². The normalized spacial score (nSPS) is 47.3. The van der Waals surface area contributed by atoms with E-state index in [4.69, 9.17) is 4.74 Å². The first-order chi connectivity index (χ1) is 15.8. The van der Waals surface area contributed by atoms with Crippen molar-refractivity contribution in [3.8, 4) is 0 Å². The molecule has 9 atom stereocenters. The smallest absolute Gasteiger partial charge is 0.0628 e. The SMILES string of the molecule is C=C(CCC=C(C)C)C1CC[C@]2(C)C1C(O)CC1C3(C)CCC(OCC)C(C)(C)C3CCC12C. The predicted octanol–water partition coefficient (Wildman–Crippen LogP) is 8.35. The first-order valence-electron chi connectivity index (χ1n) is 14.4. The van der Waals surface area contributed by atoms with Crippen LogP contribution in [0.5, 0.6) is 0 Å². The molecular formula is C32H54O2. The van der Waals surface area contributed by atoms with Gasteiger partial charge in [0, 0.05) is 6.61 Å². The molecule has 0 saturated heterocycles. The summed E-state index contributed by atoms with van der Waals surface area (Å²) >= 11 is 0. The van der Waals surface area contributed by atoms with Crippen LogP contribution in [0, 0.1) is 45.3 Å². The molecule has 194 valence electrons. The Morgan fingerprint density at radius 1 is 0.971 bits per heavy atom. The molecule has 0 aromatic carbocycles. The zero-order valence-electron chi connectivity index (χ0n) is 23.7. The monoisotopic (exact) mass is 470 g/mol. The maximum absolute atomic E-state index is 11.8. The van der Waals surface area contributed by atoms with Gasteiger partial charge < -0.3 is 9.84 Å².